The van der Waals surface area contributed by atoms with E-state index in [1.54, 1.807) is 0 Å². The number of carboxylic acids is 2. The van der Waals surface area contributed by atoms with Crippen LogP contribution in [-0.4, -0.2) is 34.0 Å². The molecular formula is C4H2F4O4. The quantitative estimate of drug-likeness (QED) is 0.489. The van der Waals surface area contributed by atoms with Crippen LogP contribution in [0.5, 0.6) is 0 Å². The van der Waals surface area contributed by atoms with Crippen LogP contribution in [0.15, 0.2) is 0 Å². The molecule has 4 nitrogen and oxygen atoms in total. The maximum Gasteiger partial charge on any atom is 0.445 e. The first-order valence-corrected chi connectivity index (χ1v) is 2.36. The van der Waals surface area contributed by atoms with Crippen LogP contribution in [0.4, 0.5) is 17.6 Å². The summed E-state index contributed by atoms with van der Waals surface area (Å²) < 4.78 is 46.6. The van der Waals surface area contributed by atoms with E-state index >= 15 is 0 Å². The summed E-state index contributed by atoms with van der Waals surface area (Å²) in [4.78, 5) is 19.3. The number of hydrogen-bond donors (Lipinski definition) is 2. The highest BCUT2D eigenvalue weighted by Crippen LogP contribution is 2.34. The third-order valence-corrected chi connectivity index (χ3v) is 0.980. The van der Waals surface area contributed by atoms with E-state index in [2.05, 4.69) is 0 Å². The van der Waals surface area contributed by atoms with Crippen molar-refractivity contribution in [3.05, 3.63) is 0 Å². The van der Waals surface area contributed by atoms with E-state index in [9.17, 15) is 27.2 Å². The molecule has 0 unspecified atom stereocenters. The molecule has 0 aliphatic rings. The summed E-state index contributed by atoms with van der Waals surface area (Å²) >= 11 is 0. The monoisotopic (exact) mass is 190 g/mol. The second kappa shape index (κ2) is 2.61. The molecule has 0 aromatic carbocycles. The van der Waals surface area contributed by atoms with E-state index in [0.717, 1.165) is 0 Å². The van der Waals surface area contributed by atoms with Gasteiger partial charge in [0.15, 0.2) is 0 Å². The zero-order chi connectivity index (χ0) is 10.2. The van der Waals surface area contributed by atoms with E-state index in [-0.39, 0.29) is 0 Å². The number of alkyl halides is 4. The predicted molar refractivity (Wildman–Crippen MR) is 25.2 cm³/mol. The van der Waals surface area contributed by atoms with Crippen molar-refractivity contribution in [1.82, 2.24) is 0 Å². The zero-order valence-electron chi connectivity index (χ0n) is 5.22. The van der Waals surface area contributed by atoms with Crippen molar-refractivity contribution in [2.75, 3.05) is 0 Å². The smallest absolute Gasteiger partial charge is 0.445 e. The summed E-state index contributed by atoms with van der Waals surface area (Å²) in [6, 6.07) is 0. The number of aliphatic carboxylic acids is 2. The van der Waals surface area contributed by atoms with Crippen LogP contribution in [0.25, 0.3) is 0 Å². The first-order valence-electron chi connectivity index (χ1n) is 2.36. The Balaban J connectivity index is 5.17. The second-order valence-electron chi connectivity index (χ2n) is 1.77. The first-order chi connectivity index (χ1) is 5.14. The van der Waals surface area contributed by atoms with Crippen molar-refractivity contribution in [1.29, 1.82) is 0 Å². The summed E-state index contributed by atoms with van der Waals surface area (Å²) in [7, 11) is 0. The van der Waals surface area contributed by atoms with Crippen LogP contribution in [0.1, 0.15) is 0 Å². The molecular weight excluding hydrogens is 188 g/mol. The van der Waals surface area contributed by atoms with Gasteiger partial charge in [-0.25, -0.2) is 14.0 Å². The highest BCUT2D eigenvalue weighted by Gasteiger charge is 2.68. The van der Waals surface area contributed by atoms with Gasteiger partial charge in [-0.3, -0.25) is 0 Å². The molecule has 0 saturated carbocycles. The molecule has 0 aromatic rings. The molecule has 2 N–H and O–H groups in total. The fourth-order valence-corrected chi connectivity index (χ4v) is 0.334. The van der Waals surface area contributed by atoms with Gasteiger partial charge in [0.1, 0.15) is 0 Å². The lowest BCUT2D eigenvalue weighted by molar-refractivity contribution is -0.239. The molecule has 12 heavy (non-hydrogen) atoms. The van der Waals surface area contributed by atoms with Crippen molar-refractivity contribution in [3.8, 4) is 0 Å². The fourth-order valence-electron chi connectivity index (χ4n) is 0.334. The van der Waals surface area contributed by atoms with Crippen LogP contribution < -0.4 is 0 Å². The van der Waals surface area contributed by atoms with E-state index in [1.165, 1.54) is 0 Å². The highest BCUT2D eigenvalue weighted by atomic mass is 19.4. The molecule has 8 heteroatoms. The van der Waals surface area contributed by atoms with E-state index in [0.29, 0.717) is 0 Å². The number of carboxylic acid groups (broad SMARTS) is 2. The largest absolute Gasteiger partial charge is 0.478 e. The minimum Gasteiger partial charge on any atom is -0.478 e. The predicted octanol–water partition coefficient (Wildman–Crippen LogP) is 0.426. The molecule has 70 valence electrons. The topological polar surface area (TPSA) is 74.6 Å². The molecule has 0 bridgehead atoms. The van der Waals surface area contributed by atoms with E-state index < -0.39 is 23.8 Å². The van der Waals surface area contributed by atoms with Crippen molar-refractivity contribution < 1.29 is 37.4 Å². The van der Waals surface area contributed by atoms with Crippen molar-refractivity contribution in [2.24, 2.45) is 0 Å². The Morgan fingerprint density at radius 3 is 1.17 bits per heavy atom. The zero-order valence-corrected chi connectivity index (χ0v) is 5.22. The lowest BCUT2D eigenvalue weighted by atomic mass is 10.1. The van der Waals surface area contributed by atoms with Crippen molar-refractivity contribution >= 4 is 11.9 Å². The Morgan fingerprint density at radius 1 is 0.917 bits per heavy atom. The van der Waals surface area contributed by atoms with Crippen molar-refractivity contribution in [3.63, 3.8) is 0 Å². The molecule has 0 aromatic heterocycles. The minimum absolute atomic E-state index is 3.09. The van der Waals surface area contributed by atoms with Crippen LogP contribution in [0, 0.1) is 0 Å². The molecule has 0 radical (unpaired) electrons. The Morgan fingerprint density at radius 2 is 1.17 bits per heavy atom. The van der Waals surface area contributed by atoms with Gasteiger partial charge in [0.25, 0.3) is 0 Å². The number of rotatable bonds is 2. The SMILES string of the molecule is O=C(O)C(F)(C(=O)O)C(F)(F)F. The highest BCUT2D eigenvalue weighted by molar-refractivity contribution is 6.02. The van der Waals surface area contributed by atoms with Crippen LogP contribution in [0.2, 0.25) is 0 Å². The number of carbonyl (C=O) groups is 2. The molecule has 0 aliphatic heterocycles. The lowest BCUT2D eigenvalue weighted by Gasteiger charge is -2.18. The van der Waals surface area contributed by atoms with Crippen molar-refractivity contribution in [2.45, 2.75) is 11.8 Å². The van der Waals surface area contributed by atoms with Crippen LogP contribution in [-0.2, 0) is 9.59 Å². The van der Waals surface area contributed by atoms with Gasteiger partial charge in [-0.1, -0.05) is 0 Å². The molecule has 0 heterocycles. The number of hydrogen-bond acceptors (Lipinski definition) is 2. The normalized spacial score (nSPS) is 12.7. The van der Waals surface area contributed by atoms with Gasteiger partial charge in [-0.05, 0) is 0 Å². The third kappa shape index (κ3) is 1.31. The van der Waals surface area contributed by atoms with Gasteiger partial charge >= 0.3 is 23.8 Å². The molecule has 0 fully saturated rings. The van der Waals surface area contributed by atoms with Crippen LogP contribution >= 0.6 is 0 Å². The van der Waals surface area contributed by atoms with Gasteiger partial charge < -0.3 is 10.2 Å². The minimum atomic E-state index is -5.97. The Hall–Kier alpha value is -1.34. The average molecular weight is 190 g/mol. The molecule has 0 saturated heterocycles. The second-order valence-corrected chi connectivity index (χ2v) is 1.77. The summed E-state index contributed by atoms with van der Waals surface area (Å²) in [5, 5.41) is 15.3. The van der Waals surface area contributed by atoms with Crippen LogP contribution in [0.3, 0.4) is 0 Å². The fraction of sp³-hybridized carbons (Fsp3) is 0.500. The molecule has 0 amide bonds. The van der Waals surface area contributed by atoms with Gasteiger partial charge in [-0.2, -0.15) is 13.2 Å². The molecule has 0 aliphatic carbocycles. The van der Waals surface area contributed by atoms with Gasteiger partial charge in [0.05, 0.1) is 0 Å². The summed E-state index contributed by atoms with van der Waals surface area (Å²) in [6.45, 7) is 0. The molecule has 0 atom stereocenters. The standard InChI is InChI=1S/C4H2F4O4/c5-3(1(9)10,2(11)12)4(6,7)8/h(H,9,10)(H,11,12). The summed E-state index contributed by atoms with van der Waals surface area (Å²) in [5.74, 6) is -6.19. The van der Waals surface area contributed by atoms with E-state index in [1.807, 2.05) is 0 Å². The van der Waals surface area contributed by atoms with Gasteiger partial charge in [0, 0.05) is 0 Å². The third-order valence-electron chi connectivity index (χ3n) is 0.980. The average Bonchev–Trinajstić information content (AvgIpc) is 1.82. The van der Waals surface area contributed by atoms with Gasteiger partial charge in [0.2, 0.25) is 0 Å². The Kier molecular flexibility index (Phi) is 2.32. The maximum absolute atomic E-state index is 12.2. The molecule has 0 rings (SSSR count). The summed E-state index contributed by atoms with van der Waals surface area (Å²) in [5.41, 5.74) is -5.23. The Labute approximate surface area is 62.4 Å². The van der Waals surface area contributed by atoms with E-state index in [4.69, 9.17) is 10.2 Å². The molecule has 0 spiro atoms. The van der Waals surface area contributed by atoms with Gasteiger partial charge in [-0.15, -0.1) is 0 Å². The Bertz CT molecular complexity index is 206. The maximum atomic E-state index is 12.2. The number of halogens is 4. The lowest BCUT2D eigenvalue weighted by Crippen LogP contribution is -2.54. The summed E-state index contributed by atoms with van der Waals surface area (Å²) in [6.07, 6.45) is -5.97. The first kappa shape index (κ1) is 10.7.